The summed E-state index contributed by atoms with van der Waals surface area (Å²) in [6.07, 6.45) is 3.53. The Balaban J connectivity index is 1.71. The number of thioether (sulfide) groups is 1. The molecule has 0 aliphatic carbocycles. The van der Waals surface area contributed by atoms with Gasteiger partial charge in [0.05, 0.1) is 10.7 Å². The fourth-order valence-electron chi connectivity index (χ4n) is 2.64. The van der Waals surface area contributed by atoms with Crippen molar-refractivity contribution in [2.24, 2.45) is 0 Å². The Hall–Kier alpha value is -2.74. The zero-order valence-electron chi connectivity index (χ0n) is 15.0. The predicted molar refractivity (Wildman–Crippen MR) is 117 cm³/mol. The van der Waals surface area contributed by atoms with E-state index in [2.05, 4.69) is 15.5 Å². The van der Waals surface area contributed by atoms with Crippen molar-refractivity contribution in [1.29, 1.82) is 0 Å². The summed E-state index contributed by atoms with van der Waals surface area (Å²) < 4.78 is 3.11. The summed E-state index contributed by atoms with van der Waals surface area (Å²) in [5, 5.41) is 12.9. The molecule has 146 valence electrons. The van der Waals surface area contributed by atoms with Crippen molar-refractivity contribution >= 4 is 46.5 Å². The lowest BCUT2D eigenvalue weighted by Gasteiger charge is -2.14. The molecule has 2 aromatic heterocycles. The molecule has 0 saturated heterocycles. The van der Waals surface area contributed by atoms with Crippen LogP contribution in [0.5, 0.6) is 0 Å². The van der Waals surface area contributed by atoms with E-state index in [1.165, 1.54) is 16.4 Å². The van der Waals surface area contributed by atoms with Crippen LogP contribution in [-0.4, -0.2) is 19.5 Å². The van der Waals surface area contributed by atoms with Crippen molar-refractivity contribution in [1.82, 2.24) is 19.5 Å². The molecule has 0 aliphatic heterocycles. The molecule has 0 unspecified atom stereocenters. The van der Waals surface area contributed by atoms with E-state index in [4.69, 9.17) is 23.2 Å². The highest BCUT2D eigenvalue weighted by molar-refractivity contribution is 7.98. The smallest absolute Gasteiger partial charge is 0.316 e. The number of nitrogens with one attached hydrogen (secondary N) is 1. The molecule has 0 fully saturated rings. The largest absolute Gasteiger partial charge is 0.333 e. The van der Waals surface area contributed by atoms with Crippen LogP contribution in [0.2, 0.25) is 10.0 Å². The Morgan fingerprint density at radius 3 is 2.31 bits per heavy atom. The molecule has 0 bridgehead atoms. The third-order valence-corrected chi connectivity index (χ3v) is 5.74. The number of nitrogens with zero attached hydrogens (tertiary/aromatic N) is 4. The minimum absolute atomic E-state index is 0.0777. The molecule has 2 aromatic carbocycles. The number of halogens is 2. The molecular weight excluding hydrogens is 429 g/mol. The van der Waals surface area contributed by atoms with Crippen LogP contribution in [0, 0.1) is 0 Å². The Morgan fingerprint density at radius 2 is 1.59 bits per heavy atom. The van der Waals surface area contributed by atoms with Crippen molar-refractivity contribution in [3.63, 3.8) is 0 Å². The number of hydrogen-bond donors (Lipinski definition) is 1. The van der Waals surface area contributed by atoms with Crippen molar-refractivity contribution < 1.29 is 0 Å². The number of aromatic nitrogens is 4. The predicted octanol–water partition coefficient (Wildman–Crippen LogP) is 5.09. The number of para-hydroxylation sites is 1. The van der Waals surface area contributed by atoms with Gasteiger partial charge in [0.15, 0.2) is 0 Å². The SMILES string of the molecule is O=c1c(Nc2ccccc2Cl)nnc(SCc2ccccc2Cl)n1-n1cccc1. The molecular formula is C20H15Cl2N5OS. The maximum absolute atomic E-state index is 13.2. The molecule has 0 saturated carbocycles. The van der Waals surface area contributed by atoms with Crippen molar-refractivity contribution in [2.45, 2.75) is 10.9 Å². The van der Waals surface area contributed by atoms with Crippen LogP contribution in [-0.2, 0) is 5.75 Å². The lowest BCUT2D eigenvalue weighted by molar-refractivity contribution is 0.533. The van der Waals surface area contributed by atoms with Gasteiger partial charge in [0.1, 0.15) is 0 Å². The molecule has 0 radical (unpaired) electrons. The highest BCUT2D eigenvalue weighted by Gasteiger charge is 2.15. The topological polar surface area (TPSA) is 64.7 Å². The molecule has 0 atom stereocenters. The summed E-state index contributed by atoms with van der Waals surface area (Å²) in [6.45, 7) is 0. The number of anilines is 2. The van der Waals surface area contributed by atoms with E-state index in [-0.39, 0.29) is 11.4 Å². The third-order valence-electron chi connectivity index (χ3n) is 4.07. The summed E-state index contributed by atoms with van der Waals surface area (Å²) in [4.78, 5) is 13.2. The van der Waals surface area contributed by atoms with Gasteiger partial charge in [-0.3, -0.25) is 9.47 Å². The maximum atomic E-state index is 13.2. The molecule has 0 spiro atoms. The van der Waals surface area contributed by atoms with Crippen molar-refractivity contribution in [2.75, 3.05) is 5.32 Å². The Bertz CT molecular complexity index is 1190. The summed E-state index contributed by atoms with van der Waals surface area (Å²) in [5.74, 6) is 0.626. The average molecular weight is 444 g/mol. The Labute approximate surface area is 181 Å². The lowest BCUT2D eigenvalue weighted by atomic mass is 10.2. The second-order valence-corrected chi connectivity index (χ2v) is 7.75. The lowest BCUT2D eigenvalue weighted by Crippen LogP contribution is -2.30. The van der Waals surface area contributed by atoms with Gasteiger partial charge < -0.3 is 5.32 Å². The first-order valence-electron chi connectivity index (χ1n) is 8.64. The van der Waals surface area contributed by atoms with Gasteiger partial charge in [-0.2, -0.15) is 4.68 Å². The molecule has 1 N–H and O–H groups in total. The fourth-order valence-corrected chi connectivity index (χ4v) is 4.04. The highest BCUT2D eigenvalue weighted by atomic mass is 35.5. The number of rotatable bonds is 6. The first-order valence-corrected chi connectivity index (χ1v) is 10.4. The van der Waals surface area contributed by atoms with E-state index >= 15 is 0 Å². The molecule has 6 nitrogen and oxygen atoms in total. The monoisotopic (exact) mass is 443 g/mol. The van der Waals surface area contributed by atoms with Crippen molar-refractivity contribution in [3.05, 3.63) is 99.0 Å². The number of benzene rings is 2. The minimum Gasteiger partial charge on any atom is -0.333 e. The second-order valence-electron chi connectivity index (χ2n) is 6.00. The van der Waals surface area contributed by atoms with E-state index < -0.39 is 0 Å². The van der Waals surface area contributed by atoms with Gasteiger partial charge in [-0.25, -0.2) is 0 Å². The minimum atomic E-state index is -0.349. The summed E-state index contributed by atoms with van der Waals surface area (Å²) in [6, 6.07) is 18.4. The molecule has 9 heteroatoms. The van der Waals surface area contributed by atoms with Gasteiger partial charge in [0.2, 0.25) is 11.0 Å². The van der Waals surface area contributed by atoms with Gasteiger partial charge in [0, 0.05) is 23.2 Å². The van der Waals surface area contributed by atoms with E-state index in [1.54, 1.807) is 29.2 Å². The maximum Gasteiger partial charge on any atom is 0.316 e. The Kier molecular flexibility index (Phi) is 5.89. The van der Waals surface area contributed by atoms with Crippen molar-refractivity contribution in [3.8, 4) is 0 Å². The van der Waals surface area contributed by atoms with E-state index in [0.717, 1.165) is 5.56 Å². The molecule has 0 amide bonds. The first kappa shape index (κ1) is 19.6. The van der Waals surface area contributed by atoms with Crippen LogP contribution >= 0.6 is 35.0 Å². The molecule has 4 rings (SSSR count). The Morgan fingerprint density at radius 1 is 0.897 bits per heavy atom. The normalized spacial score (nSPS) is 10.8. The van der Waals surface area contributed by atoms with E-state index in [9.17, 15) is 4.79 Å². The van der Waals surface area contributed by atoms with Crippen LogP contribution in [0.1, 0.15) is 5.56 Å². The standard InChI is InChI=1S/C20H15Cl2N5OS/c21-15-8-2-1-7-14(15)13-29-20-25-24-18(23-17-10-4-3-9-16(17)22)19(28)27(20)26-11-5-6-12-26/h1-12H,13H2,(H,23,24). The highest BCUT2D eigenvalue weighted by Crippen LogP contribution is 2.26. The quantitative estimate of drug-likeness (QED) is 0.420. The fraction of sp³-hybridized carbons (Fsp3) is 0.0500. The van der Waals surface area contributed by atoms with Gasteiger partial charge in [-0.05, 0) is 35.9 Å². The van der Waals surface area contributed by atoms with E-state index in [1.807, 2.05) is 48.5 Å². The van der Waals surface area contributed by atoms with Gasteiger partial charge in [-0.15, -0.1) is 10.2 Å². The van der Waals surface area contributed by atoms with E-state index in [0.29, 0.717) is 26.6 Å². The molecule has 4 aromatic rings. The zero-order valence-corrected chi connectivity index (χ0v) is 17.3. The van der Waals surface area contributed by atoms with Gasteiger partial charge in [-0.1, -0.05) is 65.3 Å². The summed E-state index contributed by atoms with van der Waals surface area (Å²) in [7, 11) is 0. The number of hydrogen-bond acceptors (Lipinski definition) is 5. The molecule has 29 heavy (non-hydrogen) atoms. The second kappa shape index (κ2) is 8.73. The van der Waals surface area contributed by atoms with Crippen LogP contribution < -0.4 is 10.9 Å². The average Bonchev–Trinajstić information content (AvgIpc) is 3.25. The van der Waals surface area contributed by atoms with Gasteiger partial charge >= 0.3 is 5.56 Å². The summed E-state index contributed by atoms with van der Waals surface area (Å²) in [5.41, 5.74) is 1.18. The first-order chi connectivity index (χ1) is 14.1. The van der Waals surface area contributed by atoms with Crippen LogP contribution in [0.15, 0.2) is 83.0 Å². The van der Waals surface area contributed by atoms with Crippen LogP contribution in [0.4, 0.5) is 11.5 Å². The summed E-state index contributed by atoms with van der Waals surface area (Å²) >= 11 is 13.8. The molecule has 2 heterocycles. The molecule has 0 aliphatic rings. The van der Waals surface area contributed by atoms with Crippen LogP contribution in [0.3, 0.4) is 0 Å². The zero-order chi connectivity index (χ0) is 20.2. The van der Waals surface area contributed by atoms with Crippen LogP contribution in [0.25, 0.3) is 0 Å². The third kappa shape index (κ3) is 4.32. The van der Waals surface area contributed by atoms with Gasteiger partial charge in [0.25, 0.3) is 0 Å².